The fourth-order valence-corrected chi connectivity index (χ4v) is 1.34. The molecule has 5 heteroatoms. The zero-order valence-corrected chi connectivity index (χ0v) is 9.45. The topological polar surface area (TPSA) is 51.2 Å². The molecule has 1 amide bonds. The molecule has 13 heavy (non-hydrogen) atoms. The van der Waals surface area contributed by atoms with Crippen LogP contribution in [0.2, 0.25) is 0 Å². The van der Waals surface area contributed by atoms with E-state index in [0.717, 1.165) is 3.57 Å². The van der Waals surface area contributed by atoms with Gasteiger partial charge in [0.25, 0.3) is 5.91 Å². The van der Waals surface area contributed by atoms with Gasteiger partial charge in [0.05, 0.1) is 10.7 Å². The molecule has 0 radical (unpaired) electrons. The number of hydrogen-bond acceptors (Lipinski definition) is 3. The van der Waals surface area contributed by atoms with E-state index >= 15 is 0 Å². The van der Waals surface area contributed by atoms with E-state index in [1.54, 1.807) is 19.2 Å². The number of carbonyl (C=O) groups is 1. The van der Waals surface area contributed by atoms with Crippen LogP contribution < -0.4 is 10.1 Å². The Morgan fingerprint density at radius 1 is 1.62 bits per heavy atom. The Morgan fingerprint density at radius 2 is 2.31 bits per heavy atom. The third-order valence-electron chi connectivity index (χ3n) is 1.47. The third kappa shape index (κ3) is 2.30. The molecule has 0 unspecified atom stereocenters. The monoisotopic (exact) mass is 292 g/mol. The molecule has 4 nitrogen and oxygen atoms in total. The van der Waals surface area contributed by atoms with Gasteiger partial charge in [-0.1, -0.05) is 0 Å². The maximum absolute atomic E-state index is 11.2. The molecule has 70 valence electrons. The van der Waals surface area contributed by atoms with Gasteiger partial charge in [-0.3, -0.25) is 4.79 Å². The van der Waals surface area contributed by atoms with Gasteiger partial charge in [0.1, 0.15) is 5.69 Å². The highest BCUT2D eigenvalue weighted by Gasteiger charge is 2.08. The van der Waals surface area contributed by atoms with E-state index in [2.05, 4.69) is 32.9 Å². The van der Waals surface area contributed by atoms with Gasteiger partial charge in [-0.05, 0) is 34.7 Å². The maximum Gasteiger partial charge on any atom is 0.269 e. The molecule has 1 aromatic rings. The molecule has 1 N–H and O–H groups in total. The molecule has 0 aliphatic rings. The molecular weight excluding hydrogens is 283 g/mol. The summed E-state index contributed by atoms with van der Waals surface area (Å²) in [6.07, 6.45) is 0. The summed E-state index contributed by atoms with van der Waals surface area (Å²) >= 11 is 2.09. The fraction of sp³-hybridized carbons (Fsp3) is 0.250. The minimum atomic E-state index is -0.213. The van der Waals surface area contributed by atoms with Crippen LogP contribution in [0.25, 0.3) is 0 Å². The second-order valence-corrected chi connectivity index (χ2v) is 3.43. The number of carbonyl (C=O) groups excluding carboxylic acids is 1. The number of halogens is 1. The second-order valence-electron chi connectivity index (χ2n) is 2.27. The lowest BCUT2D eigenvalue weighted by atomic mass is 10.3. The second kappa shape index (κ2) is 4.40. The maximum atomic E-state index is 11.2. The molecule has 0 atom stereocenters. The fourth-order valence-electron chi connectivity index (χ4n) is 0.821. The largest absolute Gasteiger partial charge is 0.480 e. The molecular formula is C8H9IN2O2. The van der Waals surface area contributed by atoms with Gasteiger partial charge in [-0.25, -0.2) is 4.98 Å². The van der Waals surface area contributed by atoms with E-state index in [9.17, 15) is 4.79 Å². The Morgan fingerprint density at radius 3 is 2.85 bits per heavy atom. The molecule has 0 saturated carbocycles. The van der Waals surface area contributed by atoms with E-state index in [1.165, 1.54) is 7.11 Å². The van der Waals surface area contributed by atoms with Crippen LogP contribution in [0.4, 0.5) is 0 Å². The van der Waals surface area contributed by atoms with Crippen molar-refractivity contribution in [2.45, 2.75) is 0 Å². The van der Waals surface area contributed by atoms with Crippen LogP contribution in [0.5, 0.6) is 5.88 Å². The predicted octanol–water partition coefficient (Wildman–Crippen LogP) is 1.05. The van der Waals surface area contributed by atoms with E-state index in [-0.39, 0.29) is 5.91 Å². The number of nitrogens with one attached hydrogen (secondary N) is 1. The highest BCUT2D eigenvalue weighted by molar-refractivity contribution is 14.1. The lowest BCUT2D eigenvalue weighted by molar-refractivity contribution is 0.0957. The first-order valence-corrected chi connectivity index (χ1v) is 4.69. The Hall–Kier alpha value is -0.850. The average molecular weight is 292 g/mol. The Bertz CT molecular complexity index is 328. The van der Waals surface area contributed by atoms with Crippen LogP contribution in [0.15, 0.2) is 12.1 Å². The molecule has 1 heterocycles. The third-order valence-corrected chi connectivity index (χ3v) is 2.29. The van der Waals surface area contributed by atoms with Crippen molar-refractivity contribution in [2.24, 2.45) is 0 Å². The molecule has 0 bridgehead atoms. The zero-order chi connectivity index (χ0) is 9.84. The van der Waals surface area contributed by atoms with Crippen molar-refractivity contribution in [3.8, 4) is 5.88 Å². The van der Waals surface area contributed by atoms with E-state index in [1.807, 2.05) is 0 Å². The Labute approximate surface area is 89.8 Å². The van der Waals surface area contributed by atoms with Crippen LogP contribution in [0.3, 0.4) is 0 Å². The smallest absolute Gasteiger partial charge is 0.269 e. The Kier molecular flexibility index (Phi) is 3.47. The molecule has 0 fully saturated rings. The number of methoxy groups -OCH3 is 1. The van der Waals surface area contributed by atoms with Crippen LogP contribution in [0, 0.1) is 3.57 Å². The van der Waals surface area contributed by atoms with Crippen molar-refractivity contribution < 1.29 is 9.53 Å². The van der Waals surface area contributed by atoms with Crippen LogP contribution >= 0.6 is 22.6 Å². The molecule has 0 aromatic carbocycles. The first kappa shape index (κ1) is 10.2. The van der Waals surface area contributed by atoms with Crippen LogP contribution in [-0.4, -0.2) is 25.0 Å². The first-order chi connectivity index (χ1) is 6.19. The molecule has 0 spiro atoms. The van der Waals surface area contributed by atoms with Gasteiger partial charge in [0.15, 0.2) is 0 Å². The SMILES string of the molecule is CNC(=O)c1ccc(I)c(OC)n1. The minimum Gasteiger partial charge on any atom is -0.480 e. The summed E-state index contributed by atoms with van der Waals surface area (Å²) in [6.45, 7) is 0. The van der Waals surface area contributed by atoms with Crippen molar-refractivity contribution >= 4 is 28.5 Å². The summed E-state index contributed by atoms with van der Waals surface area (Å²) in [5.74, 6) is 0.261. The van der Waals surface area contributed by atoms with Gasteiger partial charge in [0, 0.05) is 7.05 Å². The van der Waals surface area contributed by atoms with Gasteiger partial charge < -0.3 is 10.1 Å². The van der Waals surface area contributed by atoms with Gasteiger partial charge in [-0.15, -0.1) is 0 Å². The number of amides is 1. The molecule has 0 aliphatic carbocycles. The van der Waals surface area contributed by atoms with E-state index in [4.69, 9.17) is 4.74 Å². The van der Waals surface area contributed by atoms with E-state index < -0.39 is 0 Å². The highest BCUT2D eigenvalue weighted by Crippen LogP contribution is 2.17. The molecule has 0 saturated heterocycles. The summed E-state index contributed by atoms with van der Waals surface area (Å²) < 4.78 is 5.86. The number of rotatable bonds is 2. The lowest BCUT2D eigenvalue weighted by Crippen LogP contribution is -2.19. The number of nitrogens with zero attached hydrogens (tertiary/aromatic N) is 1. The lowest BCUT2D eigenvalue weighted by Gasteiger charge is -2.03. The quantitative estimate of drug-likeness (QED) is 0.829. The van der Waals surface area contributed by atoms with Crippen molar-refractivity contribution in [1.29, 1.82) is 0 Å². The van der Waals surface area contributed by atoms with Crippen LogP contribution in [-0.2, 0) is 0 Å². The molecule has 1 aromatic heterocycles. The van der Waals surface area contributed by atoms with Crippen molar-refractivity contribution in [3.63, 3.8) is 0 Å². The summed E-state index contributed by atoms with van der Waals surface area (Å²) in [5, 5.41) is 2.49. The number of pyridine rings is 1. The minimum absolute atomic E-state index is 0.213. The predicted molar refractivity (Wildman–Crippen MR) is 56.9 cm³/mol. The van der Waals surface area contributed by atoms with Gasteiger partial charge in [-0.2, -0.15) is 0 Å². The van der Waals surface area contributed by atoms with Crippen LogP contribution in [0.1, 0.15) is 10.5 Å². The standard InChI is InChI=1S/C8H9IN2O2/c1-10-7(12)6-4-3-5(9)8(11-6)13-2/h3-4H,1-2H3,(H,10,12). The zero-order valence-electron chi connectivity index (χ0n) is 7.30. The van der Waals surface area contributed by atoms with Crippen molar-refractivity contribution in [2.75, 3.05) is 14.2 Å². The summed E-state index contributed by atoms with van der Waals surface area (Å²) in [4.78, 5) is 15.2. The normalized spacial score (nSPS) is 9.46. The van der Waals surface area contributed by atoms with Gasteiger partial charge >= 0.3 is 0 Å². The summed E-state index contributed by atoms with van der Waals surface area (Å²) in [6, 6.07) is 3.44. The van der Waals surface area contributed by atoms with Crippen molar-refractivity contribution in [1.82, 2.24) is 10.3 Å². The number of aromatic nitrogens is 1. The average Bonchev–Trinajstić information content (AvgIpc) is 2.17. The van der Waals surface area contributed by atoms with Crippen molar-refractivity contribution in [3.05, 3.63) is 21.4 Å². The summed E-state index contributed by atoms with van der Waals surface area (Å²) in [5.41, 5.74) is 0.361. The van der Waals surface area contributed by atoms with E-state index in [0.29, 0.717) is 11.6 Å². The summed E-state index contributed by atoms with van der Waals surface area (Å²) in [7, 11) is 3.09. The number of ether oxygens (including phenoxy) is 1. The number of hydrogen-bond donors (Lipinski definition) is 1. The first-order valence-electron chi connectivity index (χ1n) is 3.61. The van der Waals surface area contributed by atoms with Gasteiger partial charge in [0.2, 0.25) is 5.88 Å². The molecule has 0 aliphatic heterocycles. The Balaban J connectivity index is 3.06. The highest BCUT2D eigenvalue weighted by atomic mass is 127. The molecule has 1 rings (SSSR count).